The van der Waals surface area contributed by atoms with Crippen LogP contribution in [0.1, 0.15) is 37.5 Å². The van der Waals surface area contributed by atoms with Crippen LogP contribution in [0.15, 0.2) is 58.3 Å². The van der Waals surface area contributed by atoms with Crippen LogP contribution in [-0.4, -0.2) is 42.6 Å². The van der Waals surface area contributed by atoms with Gasteiger partial charge in [0.25, 0.3) is 0 Å². The first kappa shape index (κ1) is 29.9. The molecule has 0 fully saturated rings. The van der Waals surface area contributed by atoms with E-state index in [0.717, 1.165) is 55.0 Å². The Balaban J connectivity index is 1.62. The molecule has 0 aromatic heterocycles. The van der Waals surface area contributed by atoms with Gasteiger partial charge in [0.2, 0.25) is 8.32 Å². The van der Waals surface area contributed by atoms with Crippen LogP contribution < -0.4 is 19.1 Å². The van der Waals surface area contributed by atoms with E-state index in [-0.39, 0.29) is 11.6 Å². The van der Waals surface area contributed by atoms with Crippen molar-refractivity contribution in [3.05, 3.63) is 65.2 Å². The minimum absolute atomic E-state index is 0.123. The van der Waals surface area contributed by atoms with Crippen LogP contribution in [0.2, 0.25) is 18.1 Å². The average Bonchev–Trinajstić information content (AvgIpc) is 2.85. The first-order valence-electron chi connectivity index (χ1n) is 13.7. The van der Waals surface area contributed by atoms with E-state index < -0.39 is 14.4 Å². The van der Waals surface area contributed by atoms with Gasteiger partial charge in [-0.15, -0.1) is 0 Å². The van der Waals surface area contributed by atoms with Gasteiger partial charge >= 0.3 is 6.09 Å². The summed E-state index contributed by atoms with van der Waals surface area (Å²) < 4.78 is 12.3. The molecule has 3 aromatic rings. The number of hydrogen-bond donors (Lipinski definition) is 0. The second kappa shape index (κ2) is 11.1. The molecule has 0 aliphatic carbocycles. The molecule has 0 radical (unpaired) electrons. The smallest absolute Gasteiger partial charge is 0.419 e. The Morgan fingerprint density at radius 1 is 0.850 bits per heavy atom. The molecule has 6 nitrogen and oxygen atoms in total. The topological polar surface area (TPSA) is 45.2 Å². The summed E-state index contributed by atoms with van der Waals surface area (Å²) in [6.45, 7) is 15.5. The molecular formula is C32H43N3O3SSi. The molecule has 0 saturated heterocycles. The van der Waals surface area contributed by atoms with E-state index in [1.54, 1.807) is 16.7 Å². The standard InChI is InChI=1S/C32H43N3O3SSi/c1-21-16-27-29(18-25(21)33(6)7)39-30-19-26(34(8)9)22(2)17-28(30)35(27)31(36)37-20-23-12-14-24(15-13-23)38-40(10,11)32(3,4)5/h12-19H,20H2,1-11H3. The number of rotatable bonds is 6. The summed E-state index contributed by atoms with van der Waals surface area (Å²) in [6.07, 6.45) is -0.390. The number of amides is 1. The van der Waals surface area contributed by atoms with Crippen LogP contribution in [0.4, 0.5) is 27.5 Å². The first-order chi connectivity index (χ1) is 18.6. The molecule has 1 amide bonds. The monoisotopic (exact) mass is 577 g/mol. The van der Waals surface area contributed by atoms with E-state index in [0.29, 0.717) is 0 Å². The third-order valence-electron chi connectivity index (χ3n) is 7.87. The van der Waals surface area contributed by atoms with Gasteiger partial charge in [0.05, 0.1) is 11.4 Å². The summed E-state index contributed by atoms with van der Waals surface area (Å²) in [7, 11) is 6.24. The summed E-state index contributed by atoms with van der Waals surface area (Å²) in [5.41, 5.74) is 7.07. The van der Waals surface area contributed by atoms with Crippen molar-refractivity contribution in [1.82, 2.24) is 0 Å². The molecule has 1 aliphatic rings. The highest BCUT2D eigenvalue weighted by atomic mass is 32.2. The maximum absolute atomic E-state index is 13.8. The molecule has 1 heterocycles. The van der Waals surface area contributed by atoms with Gasteiger partial charge in [0.1, 0.15) is 12.4 Å². The minimum atomic E-state index is -1.92. The summed E-state index contributed by atoms with van der Waals surface area (Å²) in [5, 5.41) is 0.123. The summed E-state index contributed by atoms with van der Waals surface area (Å²) >= 11 is 1.69. The Labute approximate surface area is 245 Å². The molecule has 40 heavy (non-hydrogen) atoms. The number of ether oxygens (including phenoxy) is 1. The summed E-state index contributed by atoms with van der Waals surface area (Å²) in [5.74, 6) is 0.858. The summed E-state index contributed by atoms with van der Waals surface area (Å²) in [4.78, 5) is 21.8. The maximum Gasteiger partial charge on any atom is 0.419 e. The van der Waals surface area contributed by atoms with Crippen LogP contribution in [0.25, 0.3) is 0 Å². The number of benzene rings is 3. The van der Waals surface area contributed by atoms with Crippen molar-refractivity contribution in [1.29, 1.82) is 0 Å². The summed E-state index contributed by atoms with van der Waals surface area (Å²) in [6, 6.07) is 16.4. The zero-order chi connectivity index (χ0) is 29.6. The zero-order valence-corrected chi connectivity index (χ0v) is 27.6. The third-order valence-corrected chi connectivity index (χ3v) is 13.3. The molecule has 3 aromatic carbocycles. The highest BCUT2D eigenvalue weighted by Gasteiger charge is 2.39. The van der Waals surface area contributed by atoms with E-state index in [4.69, 9.17) is 9.16 Å². The van der Waals surface area contributed by atoms with Crippen molar-refractivity contribution in [2.45, 2.75) is 69.1 Å². The third kappa shape index (κ3) is 5.98. The van der Waals surface area contributed by atoms with Crippen molar-refractivity contribution in [3.63, 3.8) is 0 Å². The highest BCUT2D eigenvalue weighted by Crippen LogP contribution is 2.51. The first-order valence-corrected chi connectivity index (χ1v) is 17.4. The van der Waals surface area contributed by atoms with Gasteiger partial charge < -0.3 is 19.0 Å². The molecule has 0 atom stereocenters. The van der Waals surface area contributed by atoms with Gasteiger partial charge in [0.15, 0.2) is 0 Å². The normalized spacial score (nSPS) is 12.9. The molecule has 0 unspecified atom stereocenters. The van der Waals surface area contributed by atoms with Crippen molar-refractivity contribution < 1.29 is 14.0 Å². The predicted octanol–water partition coefficient (Wildman–Crippen LogP) is 8.76. The Hall–Kier alpha value is -3.10. The quantitative estimate of drug-likeness (QED) is 0.273. The lowest BCUT2D eigenvalue weighted by atomic mass is 10.1. The minimum Gasteiger partial charge on any atom is -0.544 e. The molecular weight excluding hydrogens is 535 g/mol. The molecule has 214 valence electrons. The van der Waals surface area contributed by atoms with Gasteiger partial charge in [-0.25, -0.2) is 9.69 Å². The molecule has 4 rings (SSSR count). The maximum atomic E-state index is 13.8. The lowest BCUT2D eigenvalue weighted by Crippen LogP contribution is -2.43. The second-order valence-electron chi connectivity index (χ2n) is 12.5. The highest BCUT2D eigenvalue weighted by molar-refractivity contribution is 7.99. The van der Waals surface area contributed by atoms with E-state index >= 15 is 0 Å². The van der Waals surface area contributed by atoms with Crippen LogP contribution in [0, 0.1) is 13.8 Å². The number of hydrogen-bond acceptors (Lipinski definition) is 6. The van der Waals surface area contributed by atoms with Crippen LogP contribution in [0.3, 0.4) is 0 Å². The molecule has 0 spiro atoms. The van der Waals surface area contributed by atoms with Crippen LogP contribution in [-0.2, 0) is 11.3 Å². The fraction of sp³-hybridized carbons (Fsp3) is 0.406. The van der Waals surface area contributed by atoms with E-state index in [1.165, 1.54) is 0 Å². The molecule has 8 heteroatoms. The fourth-order valence-corrected chi connectivity index (χ4v) is 6.68. The van der Waals surface area contributed by atoms with Crippen LogP contribution in [0.5, 0.6) is 5.75 Å². The predicted molar refractivity (Wildman–Crippen MR) is 172 cm³/mol. The molecule has 0 saturated carbocycles. The van der Waals surface area contributed by atoms with Gasteiger partial charge in [-0.3, -0.25) is 0 Å². The average molecular weight is 578 g/mol. The number of carbonyl (C=O) groups is 1. The second-order valence-corrected chi connectivity index (χ2v) is 18.3. The Morgan fingerprint density at radius 2 is 1.32 bits per heavy atom. The van der Waals surface area contributed by atoms with Crippen molar-refractivity contribution in [3.8, 4) is 5.75 Å². The Morgan fingerprint density at radius 3 is 1.75 bits per heavy atom. The number of fused-ring (bicyclic) bond motifs is 2. The SMILES string of the molecule is Cc1cc2c(cc1N(C)C)Sc1cc(N(C)C)c(C)cc1N2C(=O)OCc1ccc(O[Si](C)(C)C(C)(C)C)cc1. The van der Waals surface area contributed by atoms with Crippen molar-refractivity contribution in [2.75, 3.05) is 42.9 Å². The lowest BCUT2D eigenvalue weighted by molar-refractivity contribution is 0.149. The number of nitrogens with zero attached hydrogens (tertiary/aromatic N) is 3. The van der Waals surface area contributed by atoms with Crippen molar-refractivity contribution >= 4 is 48.9 Å². The van der Waals surface area contributed by atoms with Gasteiger partial charge in [-0.1, -0.05) is 44.7 Å². The van der Waals surface area contributed by atoms with Gasteiger partial charge in [-0.2, -0.15) is 0 Å². The van der Waals surface area contributed by atoms with E-state index in [1.807, 2.05) is 52.5 Å². The van der Waals surface area contributed by atoms with E-state index in [9.17, 15) is 4.79 Å². The van der Waals surface area contributed by atoms with Crippen LogP contribution >= 0.6 is 11.8 Å². The number of carbonyl (C=O) groups excluding carboxylic acids is 1. The fourth-order valence-electron chi connectivity index (χ4n) is 4.56. The lowest BCUT2D eigenvalue weighted by Gasteiger charge is -2.36. The largest absolute Gasteiger partial charge is 0.544 e. The number of aryl methyl sites for hydroxylation is 2. The Kier molecular flexibility index (Phi) is 8.25. The number of anilines is 4. The zero-order valence-electron chi connectivity index (χ0n) is 25.8. The molecule has 1 aliphatic heterocycles. The molecule has 0 bridgehead atoms. The van der Waals surface area contributed by atoms with Gasteiger partial charge in [-0.05, 0) is 85.1 Å². The molecule has 0 N–H and O–H groups in total. The van der Waals surface area contributed by atoms with Crippen molar-refractivity contribution in [2.24, 2.45) is 0 Å². The van der Waals surface area contributed by atoms with Gasteiger partial charge in [0, 0.05) is 49.4 Å². The van der Waals surface area contributed by atoms with E-state index in [2.05, 4.69) is 81.8 Å². The Bertz CT molecular complexity index is 1350.